The Morgan fingerprint density at radius 3 is 2.59 bits per heavy atom. The first-order valence-corrected chi connectivity index (χ1v) is 10.2. The van der Waals surface area contributed by atoms with E-state index in [2.05, 4.69) is 0 Å². The number of carbonyl (C=O) groups excluding carboxylic acids is 1. The van der Waals surface area contributed by atoms with E-state index in [0.29, 0.717) is 35.7 Å². The summed E-state index contributed by atoms with van der Waals surface area (Å²) >= 11 is 0. The molecular formula is C25H22O7. The average molecular weight is 434 g/mol. The second-order valence-corrected chi connectivity index (χ2v) is 6.90. The molecule has 0 aliphatic heterocycles. The molecule has 4 aromatic rings. The van der Waals surface area contributed by atoms with E-state index in [9.17, 15) is 9.59 Å². The topological polar surface area (TPSA) is 84.2 Å². The van der Waals surface area contributed by atoms with Gasteiger partial charge in [0.2, 0.25) is 11.2 Å². The Bertz CT molecular complexity index is 1290. The molecule has 0 radical (unpaired) electrons. The summed E-state index contributed by atoms with van der Waals surface area (Å²) in [6, 6.07) is 18.2. The van der Waals surface area contributed by atoms with E-state index in [0.717, 1.165) is 10.8 Å². The molecule has 4 rings (SSSR count). The van der Waals surface area contributed by atoms with Crippen molar-refractivity contribution in [3.63, 3.8) is 0 Å². The fraction of sp³-hybridized carbons (Fsp3) is 0.200. The predicted octanol–water partition coefficient (Wildman–Crippen LogP) is 4.70. The molecule has 0 unspecified atom stereocenters. The van der Waals surface area contributed by atoms with E-state index in [1.54, 1.807) is 24.3 Å². The summed E-state index contributed by atoms with van der Waals surface area (Å²) in [5.41, 5.74) is 0.0179. The minimum Gasteiger partial charge on any atom is -0.482 e. The number of fused-ring (bicyclic) bond motifs is 2. The highest BCUT2D eigenvalue weighted by Crippen LogP contribution is 2.26. The Hall–Kier alpha value is -3.84. The molecule has 3 aromatic carbocycles. The van der Waals surface area contributed by atoms with Crippen LogP contribution in [0.5, 0.6) is 17.2 Å². The van der Waals surface area contributed by atoms with E-state index in [1.165, 1.54) is 6.26 Å². The van der Waals surface area contributed by atoms with Crippen molar-refractivity contribution in [2.24, 2.45) is 0 Å². The maximum absolute atomic E-state index is 12.8. The highest BCUT2D eigenvalue weighted by atomic mass is 16.6. The molecule has 32 heavy (non-hydrogen) atoms. The molecular weight excluding hydrogens is 412 g/mol. The molecule has 0 N–H and O–H groups in total. The van der Waals surface area contributed by atoms with Crippen molar-refractivity contribution < 1.29 is 28.2 Å². The minimum atomic E-state index is -0.509. The number of hydrogen-bond acceptors (Lipinski definition) is 7. The third-order valence-corrected chi connectivity index (χ3v) is 4.71. The van der Waals surface area contributed by atoms with Gasteiger partial charge in [0.15, 0.2) is 6.61 Å². The van der Waals surface area contributed by atoms with Crippen LogP contribution >= 0.6 is 0 Å². The van der Waals surface area contributed by atoms with Crippen LogP contribution in [0.1, 0.15) is 6.92 Å². The highest BCUT2D eigenvalue weighted by molar-refractivity contribution is 5.84. The van der Waals surface area contributed by atoms with Gasteiger partial charge in [0.05, 0.1) is 12.0 Å². The number of rotatable bonds is 9. The van der Waals surface area contributed by atoms with E-state index in [1.807, 2.05) is 43.3 Å². The number of carbonyl (C=O) groups is 1. The number of benzene rings is 3. The van der Waals surface area contributed by atoms with Gasteiger partial charge in [0.1, 0.15) is 30.0 Å². The maximum Gasteiger partial charge on any atom is 0.344 e. The predicted molar refractivity (Wildman–Crippen MR) is 119 cm³/mol. The summed E-state index contributed by atoms with van der Waals surface area (Å²) in [6.45, 7) is 2.67. The van der Waals surface area contributed by atoms with Crippen LogP contribution in [0.3, 0.4) is 0 Å². The Morgan fingerprint density at radius 1 is 0.938 bits per heavy atom. The summed E-state index contributed by atoms with van der Waals surface area (Å²) < 4.78 is 26.9. The van der Waals surface area contributed by atoms with Crippen LogP contribution in [-0.4, -0.2) is 32.4 Å². The lowest BCUT2D eigenvalue weighted by Gasteiger charge is -2.09. The maximum atomic E-state index is 12.8. The van der Waals surface area contributed by atoms with Crippen molar-refractivity contribution in [1.29, 1.82) is 0 Å². The summed E-state index contributed by atoms with van der Waals surface area (Å²) in [5.74, 6) is 0.494. The third-order valence-electron chi connectivity index (χ3n) is 4.71. The number of hydrogen-bond donors (Lipinski definition) is 0. The molecule has 0 saturated carbocycles. The zero-order valence-corrected chi connectivity index (χ0v) is 17.5. The average Bonchev–Trinajstić information content (AvgIpc) is 2.82. The largest absolute Gasteiger partial charge is 0.482 e. The van der Waals surface area contributed by atoms with Gasteiger partial charge in [0.25, 0.3) is 0 Å². The molecule has 1 heterocycles. The van der Waals surface area contributed by atoms with Crippen LogP contribution in [0.25, 0.3) is 21.7 Å². The smallest absolute Gasteiger partial charge is 0.344 e. The molecule has 0 aliphatic rings. The van der Waals surface area contributed by atoms with Crippen molar-refractivity contribution in [2.75, 3.05) is 26.4 Å². The normalized spacial score (nSPS) is 10.9. The lowest BCUT2D eigenvalue weighted by Crippen LogP contribution is -2.17. The molecule has 164 valence electrons. The first kappa shape index (κ1) is 21.4. The van der Waals surface area contributed by atoms with Crippen molar-refractivity contribution in [1.82, 2.24) is 0 Å². The monoisotopic (exact) mass is 434 g/mol. The van der Waals surface area contributed by atoms with Crippen LogP contribution < -0.4 is 14.9 Å². The van der Waals surface area contributed by atoms with Gasteiger partial charge >= 0.3 is 5.97 Å². The van der Waals surface area contributed by atoms with Crippen LogP contribution in [-0.2, 0) is 14.3 Å². The van der Waals surface area contributed by atoms with Crippen LogP contribution in [0.4, 0.5) is 0 Å². The SMILES string of the molecule is CCOCCOC(=O)COc1ccc2c(=O)c(Oc3ccc4ccccc4c3)coc2c1. The molecule has 7 nitrogen and oxygen atoms in total. The lowest BCUT2D eigenvalue weighted by atomic mass is 10.1. The van der Waals surface area contributed by atoms with Crippen LogP contribution in [0.15, 0.2) is 76.1 Å². The van der Waals surface area contributed by atoms with Gasteiger partial charge in [-0.3, -0.25) is 4.79 Å². The van der Waals surface area contributed by atoms with Crippen molar-refractivity contribution >= 4 is 27.7 Å². The zero-order chi connectivity index (χ0) is 22.3. The van der Waals surface area contributed by atoms with E-state index < -0.39 is 5.97 Å². The Morgan fingerprint density at radius 2 is 1.75 bits per heavy atom. The van der Waals surface area contributed by atoms with Gasteiger partial charge in [-0.15, -0.1) is 0 Å². The fourth-order valence-electron chi connectivity index (χ4n) is 3.15. The fourth-order valence-corrected chi connectivity index (χ4v) is 3.15. The number of ether oxygens (including phenoxy) is 4. The van der Waals surface area contributed by atoms with Crippen LogP contribution in [0.2, 0.25) is 0 Å². The van der Waals surface area contributed by atoms with E-state index in [-0.39, 0.29) is 24.4 Å². The van der Waals surface area contributed by atoms with Crippen molar-refractivity contribution in [3.8, 4) is 17.2 Å². The minimum absolute atomic E-state index is 0.0827. The van der Waals surface area contributed by atoms with Gasteiger partial charge in [-0.1, -0.05) is 30.3 Å². The molecule has 0 fully saturated rings. The van der Waals surface area contributed by atoms with Crippen molar-refractivity contribution in [2.45, 2.75) is 6.92 Å². The first-order valence-electron chi connectivity index (χ1n) is 10.2. The summed E-state index contributed by atoms with van der Waals surface area (Å²) in [4.78, 5) is 24.5. The highest BCUT2D eigenvalue weighted by Gasteiger charge is 2.12. The quantitative estimate of drug-likeness (QED) is 0.279. The second kappa shape index (κ2) is 9.98. The standard InChI is InChI=1S/C25H22O7/c1-2-28-11-12-29-24(26)16-30-19-9-10-21-22(14-19)31-15-23(25(21)27)32-20-8-7-17-5-3-4-6-18(17)13-20/h3-10,13-15H,2,11-12,16H2,1H3. The molecule has 0 aliphatic carbocycles. The molecule has 7 heteroatoms. The molecule has 0 spiro atoms. The van der Waals surface area contributed by atoms with E-state index in [4.69, 9.17) is 23.4 Å². The van der Waals surface area contributed by atoms with Gasteiger partial charge in [-0.2, -0.15) is 0 Å². The van der Waals surface area contributed by atoms with Gasteiger partial charge < -0.3 is 23.4 Å². The molecule has 0 saturated heterocycles. The van der Waals surface area contributed by atoms with Gasteiger partial charge in [0, 0.05) is 12.7 Å². The molecule has 1 aromatic heterocycles. The zero-order valence-electron chi connectivity index (χ0n) is 17.5. The summed E-state index contributed by atoms with van der Waals surface area (Å²) in [6.07, 6.45) is 1.27. The first-order chi connectivity index (χ1) is 15.6. The Kier molecular flexibility index (Phi) is 6.67. The summed E-state index contributed by atoms with van der Waals surface area (Å²) in [5, 5.41) is 2.43. The molecule has 0 bridgehead atoms. The summed E-state index contributed by atoms with van der Waals surface area (Å²) in [7, 11) is 0. The molecule has 0 atom stereocenters. The van der Waals surface area contributed by atoms with E-state index >= 15 is 0 Å². The van der Waals surface area contributed by atoms with Gasteiger partial charge in [-0.25, -0.2) is 4.79 Å². The number of esters is 1. The Labute approximate surface area is 184 Å². The third kappa shape index (κ3) is 5.07. The van der Waals surface area contributed by atoms with Gasteiger partial charge in [-0.05, 0) is 42.0 Å². The lowest BCUT2D eigenvalue weighted by molar-refractivity contribution is -0.147. The Balaban J connectivity index is 1.44. The second-order valence-electron chi connectivity index (χ2n) is 6.90. The van der Waals surface area contributed by atoms with Crippen LogP contribution in [0, 0.1) is 0 Å². The molecule has 0 amide bonds. The van der Waals surface area contributed by atoms with Crippen molar-refractivity contribution in [3.05, 3.63) is 77.2 Å².